The van der Waals surface area contributed by atoms with E-state index in [9.17, 15) is 27.3 Å². The predicted molar refractivity (Wildman–Crippen MR) is 308 cm³/mol. The average molecular weight is 1100 g/mol. The second kappa shape index (κ2) is 26.4. The van der Waals surface area contributed by atoms with Gasteiger partial charge in [0.2, 0.25) is 11.8 Å². The van der Waals surface area contributed by atoms with Crippen LogP contribution >= 0.6 is 30.1 Å². The largest absolute Gasteiger partial charge is 0.406 e. The summed E-state index contributed by atoms with van der Waals surface area (Å²) < 4.78 is 55.0. The lowest BCUT2D eigenvalue weighted by Crippen LogP contribution is -2.44. The van der Waals surface area contributed by atoms with Crippen LogP contribution in [-0.2, 0) is 20.7 Å². The second-order valence-electron chi connectivity index (χ2n) is 20.2. The van der Waals surface area contributed by atoms with E-state index < -0.39 is 25.9 Å². The van der Waals surface area contributed by atoms with Crippen LogP contribution in [0.25, 0.3) is 10.9 Å². The molecule has 7 rings (SSSR count). The van der Waals surface area contributed by atoms with E-state index in [0.29, 0.717) is 41.3 Å². The Morgan fingerprint density at radius 2 is 1.53 bits per heavy atom. The number of likely N-dealkylation sites (tertiary alicyclic amines) is 1. The van der Waals surface area contributed by atoms with Gasteiger partial charge >= 0.3 is 6.18 Å². The number of halogens is 4. The van der Waals surface area contributed by atoms with Crippen LogP contribution in [0, 0.1) is 36.5 Å². The fourth-order valence-corrected chi connectivity index (χ4v) is 11.9. The molecular weight excluding hydrogens is 1030 g/mol. The molecular formula is C57H71ClF3N10O3PS. The standard InChI is InChI=1S/C57H71ClF3N10O3PS/c1-38-39(2)76-56-53(38)54(41-19-21-42(58)22-20-41)68-49(55(63)71(56)40(3)62)35-51(72)65-29-12-10-8-6-7-9-11-13-30-66-52(73)36-69-32-27-44(28-33-69)67-48-17-14-18-50-47(48)34-45(70(50)37-57(59,60)61)16-15-31-64-43-23-25-46(26-24-43)75(4,5)74/h14,17-26,34,44,49,62-64,67H,6-13,27-33,35-37H2,1-5H3,(H,65,72)(H,66,73)/t49-/m0/s1. The Bertz CT molecular complexity index is 3000. The number of aliphatic imine (C=N–C) groups is 1. The summed E-state index contributed by atoms with van der Waals surface area (Å²) in [6, 6.07) is 21.1. The highest BCUT2D eigenvalue weighted by atomic mass is 35.5. The number of unbranched alkanes of at least 4 members (excludes halogenated alkanes) is 7. The first-order valence-electron chi connectivity index (χ1n) is 26.2. The number of benzene rings is 3. The van der Waals surface area contributed by atoms with Gasteiger partial charge in [0, 0.05) is 75.3 Å². The second-order valence-corrected chi connectivity index (χ2v) is 25.1. The molecule has 2 aliphatic rings. The van der Waals surface area contributed by atoms with Gasteiger partial charge in [0.15, 0.2) is 0 Å². The zero-order chi connectivity index (χ0) is 54.6. The van der Waals surface area contributed by atoms with Crippen molar-refractivity contribution in [1.29, 1.82) is 10.8 Å². The molecule has 4 heterocycles. The van der Waals surface area contributed by atoms with E-state index in [2.05, 4.69) is 38.0 Å². The summed E-state index contributed by atoms with van der Waals surface area (Å²) in [4.78, 5) is 36.0. The van der Waals surface area contributed by atoms with E-state index in [1.165, 1.54) is 15.9 Å². The maximum Gasteiger partial charge on any atom is 0.406 e. The SMILES string of the molecule is CC(=N)N1C(=N)[C@H](CC(=O)NCCCCCCCCCCNC(=O)CN2CCC(Nc3cccc4c3cc(C#CCNc3ccc(P(C)(C)=O)cc3)n4CC(F)(F)F)CC2)N=C(c2ccc(Cl)cc2)c2c1sc(C)c2C. The van der Waals surface area contributed by atoms with Gasteiger partial charge in [0.1, 0.15) is 36.4 Å². The number of rotatable bonds is 22. The topological polar surface area (TPSA) is 171 Å². The molecule has 0 spiro atoms. The number of aromatic nitrogens is 1. The van der Waals surface area contributed by atoms with Crippen LogP contribution < -0.4 is 31.5 Å². The Morgan fingerprint density at radius 1 is 0.895 bits per heavy atom. The minimum Gasteiger partial charge on any atom is -0.382 e. The molecule has 0 aliphatic carbocycles. The Labute approximate surface area is 454 Å². The summed E-state index contributed by atoms with van der Waals surface area (Å²) in [6.07, 6.45) is 5.30. The Balaban J connectivity index is 0.761. The Morgan fingerprint density at radius 3 is 2.14 bits per heavy atom. The normalized spacial score (nSPS) is 15.4. The highest BCUT2D eigenvalue weighted by Crippen LogP contribution is 2.41. The first-order valence-corrected chi connectivity index (χ1v) is 30.0. The first-order chi connectivity index (χ1) is 36.3. The van der Waals surface area contributed by atoms with E-state index in [1.54, 1.807) is 55.5 Å². The van der Waals surface area contributed by atoms with Crippen molar-refractivity contribution in [3.8, 4) is 11.8 Å². The number of aryl methyl sites for hydroxylation is 1. The number of fused-ring (bicyclic) bond motifs is 2. The quantitative estimate of drug-likeness (QED) is 0.0132. The van der Waals surface area contributed by atoms with Gasteiger partial charge in [0.05, 0.1) is 36.4 Å². The molecule has 6 N–H and O–H groups in total. The third-order valence-corrected chi connectivity index (χ3v) is 16.9. The van der Waals surface area contributed by atoms with Gasteiger partial charge < -0.3 is 30.4 Å². The number of piperidine rings is 1. The molecule has 406 valence electrons. The zero-order valence-corrected chi connectivity index (χ0v) is 46.7. The minimum atomic E-state index is -4.44. The molecule has 76 heavy (non-hydrogen) atoms. The molecule has 0 bridgehead atoms. The minimum absolute atomic E-state index is 0.00403. The third kappa shape index (κ3) is 15.8. The number of amidine groups is 2. The highest BCUT2D eigenvalue weighted by Gasteiger charge is 2.35. The lowest BCUT2D eigenvalue weighted by molar-refractivity contribution is -0.140. The van der Waals surface area contributed by atoms with Gasteiger partial charge in [-0.3, -0.25) is 35.2 Å². The van der Waals surface area contributed by atoms with Crippen LogP contribution in [0.2, 0.25) is 5.02 Å². The molecule has 3 aromatic carbocycles. The summed E-state index contributed by atoms with van der Waals surface area (Å²) in [7, 11) is -2.38. The van der Waals surface area contributed by atoms with Crippen molar-refractivity contribution in [2.45, 2.75) is 116 Å². The van der Waals surface area contributed by atoms with Crippen molar-refractivity contribution >= 4 is 91.9 Å². The summed E-state index contributed by atoms with van der Waals surface area (Å²) >= 11 is 7.74. The van der Waals surface area contributed by atoms with Crippen LogP contribution in [0.3, 0.4) is 0 Å². The monoisotopic (exact) mass is 1100 g/mol. The number of amides is 2. The van der Waals surface area contributed by atoms with Crippen molar-refractivity contribution in [3.05, 3.63) is 105 Å². The Hall–Kier alpha value is -5.92. The number of anilines is 3. The summed E-state index contributed by atoms with van der Waals surface area (Å²) in [5, 5.41) is 33.4. The molecule has 0 unspecified atom stereocenters. The molecule has 2 amide bonds. The molecule has 2 aliphatic heterocycles. The van der Waals surface area contributed by atoms with Gasteiger partial charge in [-0.1, -0.05) is 74.2 Å². The number of nitrogens with one attached hydrogen (secondary N) is 6. The molecule has 1 saturated heterocycles. The number of thiophene rings is 1. The van der Waals surface area contributed by atoms with E-state index >= 15 is 0 Å². The number of carbonyl (C=O) groups excluding carboxylic acids is 2. The smallest absolute Gasteiger partial charge is 0.382 e. The van der Waals surface area contributed by atoms with Crippen molar-refractivity contribution in [2.24, 2.45) is 4.99 Å². The first kappa shape index (κ1) is 57.8. The van der Waals surface area contributed by atoms with Gasteiger partial charge in [-0.2, -0.15) is 13.2 Å². The number of hydrogen-bond donors (Lipinski definition) is 6. The summed E-state index contributed by atoms with van der Waals surface area (Å²) in [5.41, 5.74) is 5.70. The lowest BCUT2D eigenvalue weighted by Gasteiger charge is -2.32. The fraction of sp³-hybridized carbons (Fsp3) is 0.456. The van der Waals surface area contributed by atoms with Crippen LogP contribution in [0.1, 0.15) is 105 Å². The molecule has 19 heteroatoms. The van der Waals surface area contributed by atoms with Crippen LogP contribution in [-0.4, -0.2) is 110 Å². The van der Waals surface area contributed by atoms with Crippen molar-refractivity contribution < 1.29 is 27.3 Å². The molecule has 1 atom stereocenters. The maximum atomic E-state index is 13.8. The van der Waals surface area contributed by atoms with Gasteiger partial charge in [0.25, 0.3) is 0 Å². The van der Waals surface area contributed by atoms with E-state index in [4.69, 9.17) is 27.4 Å². The molecule has 5 aromatic rings. The van der Waals surface area contributed by atoms with Crippen molar-refractivity contribution in [2.75, 3.05) is 68.1 Å². The molecule has 13 nitrogen and oxygen atoms in total. The zero-order valence-electron chi connectivity index (χ0n) is 44.2. The van der Waals surface area contributed by atoms with Gasteiger partial charge in [-0.15, -0.1) is 11.3 Å². The lowest BCUT2D eigenvalue weighted by atomic mass is 9.99. The van der Waals surface area contributed by atoms with Gasteiger partial charge in [-0.05, 0) is 126 Å². The molecule has 0 saturated carbocycles. The molecule has 1 fully saturated rings. The Kier molecular flexibility index (Phi) is 20.1. The molecule has 0 radical (unpaired) electrons. The number of alkyl halides is 3. The third-order valence-electron chi connectivity index (χ3n) is 13.9. The van der Waals surface area contributed by atoms with Crippen molar-refractivity contribution in [3.63, 3.8) is 0 Å². The number of nitrogens with zero attached hydrogens (tertiary/aromatic N) is 4. The summed E-state index contributed by atoms with van der Waals surface area (Å²) in [6.45, 7) is 11.1. The van der Waals surface area contributed by atoms with Crippen LogP contribution in [0.15, 0.2) is 77.8 Å². The molecule has 2 aromatic heterocycles. The predicted octanol–water partition coefficient (Wildman–Crippen LogP) is 11.6. The summed E-state index contributed by atoms with van der Waals surface area (Å²) in [5.74, 6) is 6.07. The van der Waals surface area contributed by atoms with Crippen LogP contribution in [0.5, 0.6) is 0 Å². The van der Waals surface area contributed by atoms with Gasteiger partial charge in [-0.25, -0.2) is 0 Å². The van der Waals surface area contributed by atoms with E-state index in [0.717, 1.165) is 121 Å². The fourth-order valence-electron chi connectivity index (χ4n) is 9.70. The average Bonchev–Trinajstić information content (AvgIpc) is 3.82. The van der Waals surface area contributed by atoms with E-state index in [-0.39, 0.29) is 48.2 Å². The van der Waals surface area contributed by atoms with Crippen LogP contribution in [0.4, 0.5) is 29.5 Å². The number of carbonyl (C=O) groups is 2. The van der Waals surface area contributed by atoms with Crippen molar-refractivity contribution in [1.82, 2.24) is 20.1 Å². The highest BCUT2D eigenvalue weighted by molar-refractivity contribution is 7.70. The maximum absolute atomic E-state index is 13.8. The number of hydrogen-bond acceptors (Lipinski definition) is 10. The van der Waals surface area contributed by atoms with E-state index in [1.807, 2.05) is 56.3 Å².